The first-order valence-electron chi connectivity index (χ1n) is 14.2. The van der Waals surface area contributed by atoms with Crippen LogP contribution in [0.25, 0.3) is 0 Å². The fraction of sp³-hybridized carbons (Fsp3) is 0.759. The highest BCUT2D eigenvalue weighted by atomic mass is 16.6. The molecule has 4 rings (SSSR count). The molecule has 7 heteroatoms. The van der Waals surface area contributed by atoms with Gasteiger partial charge in [-0.3, -0.25) is 4.79 Å². The smallest absolute Gasteiger partial charge is 0.220 e. The van der Waals surface area contributed by atoms with Crippen molar-refractivity contribution in [2.24, 2.45) is 5.92 Å². The van der Waals surface area contributed by atoms with Crippen LogP contribution in [0.3, 0.4) is 0 Å². The molecule has 0 bridgehead atoms. The number of hydrogen-bond donors (Lipinski definition) is 3. The van der Waals surface area contributed by atoms with Crippen molar-refractivity contribution in [2.45, 2.75) is 102 Å². The Bertz CT molecular complexity index is 833. The molecule has 1 aromatic carbocycles. The van der Waals surface area contributed by atoms with Gasteiger partial charge in [0.25, 0.3) is 0 Å². The number of amides is 1. The fourth-order valence-electron chi connectivity index (χ4n) is 6.10. The molecule has 1 saturated carbocycles. The van der Waals surface area contributed by atoms with Crippen molar-refractivity contribution in [1.82, 2.24) is 10.2 Å². The highest BCUT2D eigenvalue weighted by Crippen LogP contribution is 2.36. The zero-order valence-electron chi connectivity index (χ0n) is 22.1. The topological polar surface area (TPSA) is 91.3 Å². The summed E-state index contributed by atoms with van der Waals surface area (Å²) in [4.78, 5) is 15.2. The number of nitrogens with zero attached hydrogens (tertiary/aromatic N) is 1. The lowest BCUT2D eigenvalue weighted by atomic mass is 9.75. The average Bonchev–Trinajstić information content (AvgIpc) is 3.41. The van der Waals surface area contributed by atoms with Crippen molar-refractivity contribution < 1.29 is 24.5 Å². The molecular formula is C29H46N2O5. The van der Waals surface area contributed by atoms with Gasteiger partial charge in [0.15, 0.2) is 11.5 Å². The molecule has 2 aliphatic heterocycles. The Hall–Kier alpha value is -1.83. The first kappa shape index (κ1) is 27.2. The van der Waals surface area contributed by atoms with Crippen molar-refractivity contribution >= 4 is 5.91 Å². The Morgan fingerprint density at radius 3 is 2.53 bits per heavy atom. The molecular weight excluding hydrogens is 456 g/mol. The molecule has 0 radical (unpaired) electrons. The van der Waals surface area contributed by atoms with Crippen molar-refractivity contribution in [3.8, 4) is 11.5 Å². The Kier molecular flexibility index (Phi) is 9.91. The second-order valence-corrected chi connectivity index (χ2v) is 11.3. The van der Waals surface area contributed by atoms with Crippen LogP contribution in [0.1, 0.15) is 95.6 Å². The summed E-state index contributed by atoms with van der Waals surface area (Å²) in [7, 11) is 0. The Labute approximate surface area is 216 Å². The van der Waals surface area contributed by atoms with Crippen molar-refractivity contribution in [3.05, 3.63) is 23.8 Å². The molecule has 1 aromatic rings. The normalized spacial score (nSPS) is 22.1. The Morgan fingerprint density at radius 1 is 1.06 bits per heavy atom. The van der Waals surface area contributed by atoms with Crippen LogP contribution in [0.4, 0.5) is 0 Å². The van der Waals surface area contributed by atoms with E-state index in [9.17, 15) is 15.0 Å². The molecule has 7 nitrogen and oxygen atoms in total. The molecule has 1 unspecified atom stereocenters. The average molecular weight is 503 g/mol. The number of carbonyl (C=O) groups is 1. The summed E-state index contributed by atoms with van der Waals surface area (Å²) in [5, 5.41) is 25.3. The van der Waals surface area contributed by atoms with Crippen molar-refractivity contribution in [1.29, 1.82) is 0 Å². The first-order chi connectivity index (χ1) is 17.4. The highest BCUT2D eigenvalue weighted by molar-refractivity contribution is 5.76. The number of ether oxygens (including phenoxy) is 2. The number of nitrogens with one attached hydrogen (secondary N) is 1. The summed E-state index contributed by atoms with van der Waals surface area (Å²) in [6.07, 6.45) is 11.4. The highest BCUT2D eigenvalue weighted by Gasteiger charge is 2.32. The van der Waals surface area contributed by atoms with Crippen LogP contribution < -0.4 is 14.8 Å². The van der Waals surface area contributed by atoms with Crippen LogP contribution >= 0.6 is 0 Å². The molecule has 0 aromatic heterocycles. The van der Waals surface area contributed by atoms with Gasteiger partial charge in [-0.2, -0.15) is 0 Å². The zero-order valence-corrected chi connectivity index (χ0v) is 22.1. The molecule has 1 aliphatic carbocycles. The minimum atomic E-state index is -0.823. The summed E-state index contributed by atoms with van der Waals surface area (Å²) < 4.78 is 11.3. The van der Waals surface area contributed by atoms with Crippen LogP contribution in [-0.4, -0.2) is 65.5 Å². The molecule has 202 valence electrons. The molecule has 2 heterocycles. The van der Waals surface area contributed by atoms with Gasteiger partial charge in [0.1, 0.15) is 19.3 Å². The Balaban J connectivity index is 1.26. The number of hydrogen-bond acceptors (Lipinski definition) is 6. The van der Waals surface area contributed by atoms with Gasteiger partial charge in [0.05, 0.1) is 11.6 Å². The van der Waals surface area contributed by atoms with E-state index >= 15 is 0 Å². The summed E-state index contributed by atoms with van der Waals surface area (Å²) in [5.41, 5.74) is 0.144. The largest absolute Gasteiger partial charge is 0.486 e. The third-order valence-electron chi connectivity index (χ3n) is 8.36. The number of aliphatic hydroxyl groups excluding tert-OH is 1. The number of fused-ring (bicyclic) bond motifs is 1. The number of unbranched alkanes of at least 4 members (excludes halogenated alkanes) is 2. The maximum atomic E-state index is 12.9. The number of benzene rings is 1. The van der Waals surface area contributed by atoms with E-state index in [2.05, 4.69) is 10.2 Å². The monoisotopic (exact) mass is 502 g/mol. The number of rotatable bonds is 12. The summed E-state index contributed by atoms with van der Waals surface area (Å²) in [6.45, 7) is 5.66. The van der Waals surface area contributed by atoms with E-state index in [1.54, 1.807) is 0 Å². The minimum absolute atomic E-state index is 0.0187. The number of likely N-dealkylation sites (tertiary alicyclic amines) is 1. The SMILES string of the molecule is CC(O)(CCCCCC(=O)N[C@H](CN1CCCC1)[C@H](O)c1ccc2c(c1)OCCO2)C1CCCCC1. The molecule has 2 fully saturated rings. The van der Waals surface area contributed by atoms with Crippen LogP contribution in [0, 0.1) is 5.92 Å². The number of carbonyl (C=O) groups excluding carboxylic acids is 1. The molecule has 3 aliphatic rings. The van der Waals surface area contributed by atoms with Crippen molar-refractivity contribution in [3.63, 3.8) is 0 Å². The number of aliphatic hydroxyl groups is 2. The second-order valence-electron chi connectivity index (χ2n) is 11.3. The summed E-state index contributed by atoms with van der Waals surface area (Å²) >= 11 is 0. The van der Waals surface area contributed by atoms with Crippen LogP contribution in [0.2, 0.25) is 0 Å². The zero-order chi connectivity index (χ0) is 25.4. The molecule has 1 amide bonds. The van der Waals surface area contributed by atoms with Crippen LogP contribution in [-0.2, 0) is 4.79 Å². The van der Waals surface area contributed by atoms with E-state index in [4.69, 9.17) is 9.47 Å². The standard InChI is InChI=1S/C29H46N2O5/c1-29(34,23-10-4-2-5-11-23)15-7-3-6-12-27(32)30-24(21-31-16-8-9-17-31)28(33)22-13-14-25-26(20-22)36-19-18-35-25/h13-14,20,23-24,28,33-34H,2-12,15-19,21H2,1H3,(H,30,32)/t24-,28-,29?/m1/s1. The van der Waals surface area contributed by atoms with Gasteiger partial charge in [0.2, 0.25) is 5.91 Å². The Morgan fingerprint density at radius 2 is 1.78 bits per heavy atom. The molecule has 0 spiro atoms. The molecule has 36 heavy (non-hydrogen) atoms. The van der Waals surface area contributed by atoms with Crippen LogP contribution in [0.15, 0.2) is 18.2 Å². The third kappa shape index (κ3) is 7.59. The maximum Gasteiger partial charge on any atom is 0.220 e. The molecule has 3 atom stereocenters. The van der Waals surface area contributed by atoms with E-state index in [1.165, 1.54) is 19.3 Å². The van der Waals surface area contributed by atoms with E-state index in [0.717, 1.165) is 70.0 Å². The van der Waals surface area contributed by atoms with E-state index in [-0.39, 0.29) is 11.9 Å². The van der Waals surface area contributed by atoms with Gasteiger partial charge in [0, 0.05) is 13.0 Å². The predicted octanol–water partition coefficient (Wildman–Crippen LogP) is 4.35. The van der Waals surface area contributed by atoms with E-state index in [1.807, 2.05) is 25.1 Å². The maximum absolute atomic E-state index is 12.9. The van der Waals surface area contributed by atoms with E-state index in [0.29, 0.717) is 43.6 Å². The van der Waals surface area contributed by atoms with Gasteiger partial charge in [-0.1, -0.05) is 38.2 Å². The third-order valence-corrected chi connectivity index (χ3v) is 8.36. The van der Waals surface area contributed by atoms with Crippen molar-refractivity contribution in [2.75, 3.05) is 32.8 Å². The lowest BCUT2D eigenvalue weighted by molar-refractivity contribution is -0.123. The van der Waals surface area contributed by atoms with E-state index < -0.39 is 11.7 Å². The lowest BCUT2D eigenvalue weighted by Gasteiger charge is -2.35. The summed E-state index contributed by atoms with van der Waals surface area (Å²) in [6, 6.07) is 5.15. The minimum Gasteiger partial charge on any atom is -0.486 e. The molecule has 1 saturated heterocycles. The van der Waals surface area contributed by atoms with Crippen LogP contribution in [0.5, 0.6) is 11.5 Å². The van der Waals surface area contributed by atoms with Gasteiger partial charge < -0.3 is 29.9 Å². The van der Waals surface area contributed by atoms with Gasteiger partial charge >= 0.3 is 0 Å². The van der Waals surface area contributed by atoms with Gasteiger partial charge in [-0.25, -0.2) is 0 Å². The quantitative estimate of drug-likeness (QED) is 0.368. The first-order valence-corrected chi connectivity index (χ1v) is 14.2. The van der Waals surface area contributed by atoms with Gasteiger partial charge in [-0.15, -0.1) is 0 Å². The lowest BCUT2D eigenvalue weighted by Crippen LogP contribution is -2.46. The fourth-order valence-corrected chi connectivity index (χ4v) is 6.10. The predicted molar refractivity (Wildman–Crippen MR) is 140 cm³/mol. The molecule has 3 N–H and O–H groups in total. The van der Waals surface area contributed by atoms with Gasteiger partial charge in [-0.05, 0) is 82.2 Å². The second kappa shape index (κ2) is 13.1. The summed E-state index contributed by atoms with van der Waals surface area (Å²) in [5.74, 6) is 1.74.